The molecule has 15 heavy (non-hydrogen) atoms. The molecule has 0 bridgehead atoms. The second-order valence-corrected chi connectivity index (χ2v) is 4.65. The van der Waals surface area contributed by atoms with Crippen molar-refractivity contribution in [2.45, 2.75) is 26.3 Å². The highest BCUT2D eigenvalue weighted by atomic mass is 15.5. The van der Waals surface area contributed by atoms with Gasteiger partial charge < -0.3 is 10.6 Å². The van der Waals surface area contributed by atoms with E-state index in [2.05, 4.69) is 36.2 Å². The van der Waals surface area contributed by atoms with Gasteiger partial charge in [0.1, 0.15) is 0 Å². The molecule has 0 saturated carbocycles. The third kappa shape index (κ3) is 4.07. The summed E-state index contributed by atoms with van der Waals surface area (Å²) in [7, 11) is 2.17. The van der Waals surface area contributed by atoms with Crippen molar-refractivity contribution < 1.29 is 0 Å². The molecule has 0 radical (unpaired) electrons. The quantitative estimate of drug-likeness (QED) is 0.682. The standard InChI is InChI=1S/C11H26N4/c1-4-10(2)11(9-12)13-15-7-5-14(3)6-8-15/h10-11,13H,4-9,12H2,1-3H3. The van der Waals surface area contributed by atoms with E-state index in [9.17, 15) is 0 Å². The number of likely N-dealkylation sites (N-methyl/N-ethyl adjacent to an activating group) is 1. The van der Waals surface area contributed by atoms with Crippen LogP contribution in [0, 0.1) is 5.92 Å². The monoisotopic (exact) mass is 214 g/mol. The molecular weight excluding hydrogens is 188 g/mol. The Hall–Kier alpha value is -0.160. The van der Waals surface area contributed by atoms with Crippen molar-refractivity contribution in [3.05, 3.63) is 0 Å². The first-order valence-corrected chi connectivity index (χ1v) is 6.07. The van der Waals surface area contributed by atoms with Gasteiger partial charge >= 0.3 is 0 Å². The van der Waals surface area contributed by atoms with Crippen LogP contribution in [-0.4, -0.2) is 55.7 Å². The van der Waals surface area contributed by atoms with Crippen molar-refractivity contribution in [2.75, 3.05) is 39.8 Å². The highest BCUT2D eigenvalue weighted by molar-refractivity contribution is 4.75. The van der Waals surface area contributed by atoms with Crippen molar-refractivity contribution in [3.63, 3.8) is 0 Å². The van der Waals surface area contributed by atoms with Crippen LogP contribution >= 0.6 is 0 Å². The van der Waals surface area contributed by atoms with Crippen molar-refractivity contribution in [2.24, 2.45) is 11.7 Å². The Morgan fingerprint density at radius 2 is 1.87 bits per heavy atom. The average Bonchev–Trinajstić information content (AvgIpc) is 2.27. The van der Waals surface area contributed by atoms with E-state index in [0.29, 0.717) is 12.0 Å². The zero-order valence-corrected chi connectivity index (χ0v) is 10.4. The Morgan fingerprint density at radius 3 is 2.33 bits per heavy atom. The van der Waals surface area contributed by atoms with E-state index in [4.69, 9.17) is 5.73 Å². The van der Waals surface area contributed by atoms with Gasteiger partial charge in [0.15, 0.2) is 0 Å². The predicted octanol–water partition coefficient (Wildman–Crippen LogP) is 0.112. The molecule has 0 amide bonds. The fraction of sp³-hybridized carbons (Fsp3) is 1.00. The molecule has 1 heterocycles. The van der Waals surface area contributed by atoms with Gasteiger partial charge in [-0.15, -0.1) is 0 Å². The summed E-state index contributed by atoms with van der Waals surface area (Å²) in [6, 6.07) is 0.429. The molecule has 4 nitrogen and oxygen atoms in total. The van der Waals surface area contributed by atoms with Crippen LogP contribution in [0.15, 0.2) is 0 Å². The molecule has 1 aliphatic rings. The van der Waals surface area contributed by atoms with Crippen molar-refractivity contribution >= 4 is 0 Å². The van der Waals surface area contributed by atoms with Gasteiger partial charge in [-0.1, -0.05) is 20.3 Å². The van der Waals surface area contributed by atoms with E-state index in [1.165, 1.54) is 6.42 Å². The maximum absolute atomic E-state index is 5.79. The summed E-state index contributed by atoms with van der Waals surface area (Å²) in [6.07, 6.45) is 1.18. The average molecular weight is 214 g/mol. The van der Waals surface area contributed by atoms with Gasteiger partial charge in [-0.3, -0.25) is 5.43 Å². The number of rotatable bonds is 5. The highest BCUT2D eigenvalue weighted by Gasteiger charge is 2.19. The molecule has 1 aliphatic heterocycles. The van der Waals surface area contributed by atoms with Crippen molar-refractivity contribution in [1.82, 2.24) is 15.3 Å². The molecule has 1 saturated heterocycles. The molecule has 1 rings (SSSR count). The summed E-state index contributed by atoms with van der Waals surface area (Å²) in [6.45, 7) is 9.70. The number of nitrogens with one attached hydrogen (secondary N) is 1. The molecule has 90 valence electrons. The van der Waals surface area contributed by atoms with Crippen LogP contribution in [0.25, 0.3) is 0 Å². The maximum atomic E-state index is 5.79. The summed E-state index contributed by atoms with van der Waals surface area (Å²) in [4.78, 5) is 2.36. The van der Waals surface area contributed by atoms with Gasteiger partial charge in [-0.2, -0.15) is 0 Å². The largest absolute Gasteiger partial charge is 0.329 e. The van der Waals surface area contributed by atoms with Crippen LogP contribution in [0.4, 0.5) is 0 Å². The lowest BCUT2D eigenvalue weighted by molar-refractivity contribution is 0.0762. The molecule has 1 fully saturated rings. The first-order chi connectivity index (χ1) is 7.17. The van der Waals surface area contributed by atoms with Gasteiger partial charge in [0.25, 0.3) is 0 Å². The molecule has 0 aromatic rings. The van der Waals surface area contributed by atoms with Gasteiger partial charge in [-0.05, 0) is 13.0 Å². The third-order valence-corrected chi connectivity index (χ3v) is 3.44. The minimum Gasteiger partial charge on any atom is -0.329 e. The summed E-state index contributed by atoms with van der Waals surface area (Å²) >= 11 is 0. The molecular formula is C11H26N4. The fourth-order valence-corrected chi connectivity index (χ4v) is 1.87. The van der Waals surface area contributed by atoms with E-state index in [0.717, 1.165) is 32.7 Å². The van der Waals surface area contributed by atoms with Gasteiger partial charge in [0.05, 0.1) is 0 Å². The molecule has 0 spiro atoms. The summed E-state index contributed by atoms with van der Waals surface area (Å²) in [5.74, 6) is 0.648. The Balaban J connectivity index is 2.32. The summed E-state index contributed by atoms with van der Waals surface area (Å²) in [5.41, 5.74) is 9.35. The first-order valence-electron chi connectivity index (χ1n) is 6.07. The Labute approximate surface area is 93.8 Å². The van der Waals surface area contributed by atoms with Crippen LogP contribution in [0.5, 0.6) is 0 Å². The van der Waals surface area contributed by atoms with Crippen LogP contribution in [0.1, 0.15) is 20.3 Å². The van der Waals surface area contributed by atoms with E-state index >= 15 is 0 Å². The second-order valence-electron chi connectivity index (χ2n) is 4.65. The van der Waals surface area contributed by atoms with E-state index in [1.807, 2.05) is 0 Å². The molecule has 0 aliphatic carbocycles. The maximum Gasteiger partial charge on any atom is 0.0363 e. The number of nitrogens with zero attached hydrogens (tertiary/aromatic N) is 2. The van der Waals surface area contributed by atoms with Crippen LogP contribution in [-0.2, 0) is 0 Å². The molecule has 0 aromatic carbocycles. The van der Waals surface area contributed by atoms with Crippen molar-refractivity contribution in [3.8, 4) is 0 Å². The summed E-state index contributed by atoms with van der Waals surface area (Å²) in [5, 5.41) is 2.32. The molecule has 4 heteroatoms. The molecule has 2 unspecified atom stereocenters. The zero-order chi connectivity index (χ0) is 11.3. The smallest absolute Gasteiger partial charge is 0.0363 e. The number of nitrogens with two attached hydrogens (primary N) is 1. The Morgan fingerprint density at radius 1 is 1.27 bits per heavy atom. The topological polar surface area (TPSA) is 44.5 Å². The van der Waals surface area contributed by atoms with Crippen LogP contribution in [0.2, 0.25) is 0 Å². The number of hydrazine groups is 1. The predicted molar refractivity (Wildman–Crippen MR) is 64.5 cm³/mol. The zero-order valence-electron chi connectivity index (χ0n) is 10.4. The van der Waals surface area contributed by atoms with E-state index in [1.54, 1.807) is 0 Å². The lowest BCUT2D eigenvalue weighted by Gasteiger charge is -2.36. The van der Waals surface area contributed by atoms with Gasteiger partial charge in [0.2, 0.25) is 0 Å². The Bertz CT molecular complexity index is 166. The van der Waals surface area contributed by atoms with Crippen molar-refractivity contribution in [1.29, 1.82) is 0 Å². The van der Waals surface area contributed by atoms with E-state index < -0.39 is 0 Å². The van der Waals surface area contributed by atoms with Crippen LogP contribution in [0.3, 0.4) is 0 Å². The molecule has 2 atom stereocenters. The lowest BCUT2D eigenvalue weighted by Crippen LogP contribution is -2.56. The van der Waals surface area contributed by atoms with E-state index in [-0.39, 0.29) is 0 Å². The second kappa shape index (κ2) is 6.43. The third-order valence-electron chi connectivity index (χ3n) is 3.44. The first kappa shape index (κ1) is 12.9. The normalized spacial score (nSPS) is 24.0. The Kier molecular flexibility index (Phi) is 5.53. The van der Waals surface area contributed by atoms with Gasteiger partial charge in [0, 0.05) is 38.8 Å². The molecule has 3 N–H and O–H groups in total. The SMILES string of the molecule is CCC(C)C(CN)NN1CCN(C)CC1. The minimum absolute atomic E-state index is 0.429. The number of hydrogen-bond donors (Lipinski definition) is 2. The lowest BCUT2D eigenvalue weighted by atomic mass is 10.00. The van der Waals surface area contributed by atoms with Gasteiger partial charge in [-0.25, -0.2) is 5.01 Å². The molecule has 0 aromatic heterocycles. The van der Waals surface area contributed by atoms with Crippen LogP contribution < -0.4 is 11.2 Å². The minimum atomic E-state index is 0.429. The number of hydrogen-bond acceptors (Lipinski definition) is 4. The fourth-order valence-electron chi connectivity index (χ4n) is 1.87. The highest BCUT2D eigenvalue weighted by Crippen LogP contribution is 2.07. The number of piperazine rings is 1. The summed E-state index contributed by atoms with van der Waals surface area (Å²) < 4.78 is 0.